The first-order valence-corrected chi connectivity index (χ1v) is 8.47. The number of hydrogen-bond acceptors (Lipinski definition) is 6. The van der Waals surface area contributed by atoms with Crippen LogP contribution in [0.1, 0.15) is 20.8 Å². The minimum atomic E-state index is -1.74. The van der Waals surface area contributed by atoms with Gasteiger partial charge >= 0.3 is 13.5 Å². The molecule has 0 amide bonds. The maximum absolute atomic E-state index is 11.5. The van der Waals surface area contributed by atoms with Gasteiger partial charge in [0.15, 0.2) is 0 Å². The Balaban J connectivity index is 2.30. The standard InChI is InChI=1S/C12H18NO4PS/c1-9(2)16-12(14)10(3)13-19-18(15)17-11-7-5-4-6-8-11/h4-10,13,15H,1-3H3/t10-,18?/m0/s1. The minimum absolute atomic E-state index is 0.155. The van der Waals surface area contributed by atoms with Gasteiger partial charge in [0, 0.05) is 11.6 Å². The summed E-state index contributed by atoms with van der Waals surface area (Å²) < 4.78 is 13.1. The van der Waals surface area contributed by atoms with Gasteiger partial charge in [-0.05, 0) is 32.9 Å². The lowest BCUT2D eigenvalue weighted by Gasteiger charge is -2.16. The molecule has 0 bridgehead atoms. The first-order valence-electron chi connectivity index (χ1n) is 5.84. The molecule has 0 radical (unpaired) electrons. The lowest BCUT2D eigenvalue weighted by Crippen LogP contribution is -2.32. The lowest BCUT2D eigenvalue weighted by molar-refractivity contribution is -0.148. The van der Waals surface area contributed by atoms with Gasteiger partial charge in [0.2, 0.25) is 0 Å². The van der Waals surface area contributed by atoms with E-state index in [-0.39, 0.29) is 12.1 Å². The first kappa shape index (κ1) is 16.2. The quantitative estimate of drug-likeness (QED) is 0.459. The largest absolute Gasteiger partial charge is 0.462 e. The van der Waals surface area contributed by atoms with Crippen molar-refractivity contribution in [2.75, 3.05) is 0 Å². The smallest absolute Gasteiger partial charge is 0.323 e. The number of carbonyl (C=O) groups excluding carboxylic acids is 1. The zero-order valence-electron chi connectivity index (χ0n) is 11.1. The van der Waals surface area contributed by atoms with E-state index in [9.17, 15) is 9.69 Å². The fraction of sp³-hybridized carbons (Fsp3) is 0.417. The SMILES string of the molecule is CC(C)OC(=O)[C@H](C)NSP(O)Oc1ccccc1. The normalized spacial score (nSPS) is 13.9. The molecule has 0 saturated carbocycles. The summed E-state index contributed by atoms with van der Waals surface area (Å²) in [5.74, 6) is 0.230. The van der Waals surface area contributed by atoms with Crippen molar-refractivity contribution in [3.8, 4) is 5.75 Å². The molecule has 19 heavy (non-hydrogen) atoms. The Kier molecular flexibility index (Phi) is 7.16. The van der Waals surface area contributed by atoms with Crippen LogP contribution in [0.5, 0.6) is 5.75 Å². The van der Waals surface area contributed by atoms with Gasteiger partial charge in [-0.15, -0.1) is 0 Å². The van der Waals surface area contributed by atoms with Gasteiger partial charge < -0.3 is 14.2 Å². The number of carbonyl (C=O) groups is 1. The highest BCUT2D eigenvalue weighted by Crippen LogP contribution is 2.44. The van der Waals surface area contributed by atoms with Crippen molar-refractivity contribution in [3.05, 3.63) is 30.3 Å². The Morgan fingerprint density at radius 1 is 1.32 bits per heavy atom. The van der Waals surface area contributed by atoms with Gasteiger partial charge in [0.1, 0.15) is 11.8 Å². The van der Waals surface area contributed by atoms with Crippen LogP contribution in [-0.2, 0) is 9.53 Å². The van der Waals surface area contributed by atoms with Crippen LogP contribution in [0.25, 0.3) is 0 Å². The summed E-state index contributed by atoms with van der Waals surface area (Å²) in [6.07, 6.45) is -0.155. The van der Waals surface area contributed by atoms with Crippen LogP contribution in [0.2, 0.25) is 0 Å². The zero-order chi connectivity index (χ0) is 14.3. The monoisotopic (exact) mass is 303 g/mol. The third kappa shape index (κ3) is 6.78. The van der Waals surface area contributed by atoms with Crippen LogP contribution in [0.3, 0.4) is 0 Å². The third-order valence-corrected chi connectivity index (χ3v) is 3.93. The Morgan fingerprint density at radius 2 is 1.95 bits per heavy atom. The van der Waals surface area contributed by atoms with Crippen molar-refractivity contribution in [1.82, 2.24) is 4.72 Å². The summed E-state index contributed by atoms with van der Waals surface area (Å²) in [6, 6.07) is 8.50. The van der Waals surface area contributed by atoms with Crippen LogP contribution in [0.15, 0.2) is 30.3 Å². The second kappa shape index (κ2) is 8.38. The maximum Gasteiger partial charge on any atom is 0.323 e. The van der Waals surface area contributed by atoms with Crippen LogP contribution >= 0.6 is 19.1 Å². The second-order valence-corrected chi connectivity index (χ2v) is 6.62. The van der Waals surface area contributed by atoms with Gasteiger partial charge in [-0.25, -0.2) is 4.72 Å². The molecular weight excluding hydrogens is 285 g/mol. The zero-order valence-corrected chi connectivity index (χ0v) is 12.8. The molecule has 2 N–H and O–H groups in total. The molecule has 1 rings (SSSR count). The molecular formula is C12H18NO4PS. The number of ether oxygens (including phenoxy) is 1. The number of rotatable bonds is 7. The molecule has 0 aliphatic rings. The summed E-state index contributed by atoms with van der Waals surface area (Å²) >= 11 is 0.982. The first-order chi connectivity index (χ1) is 8.99. The molecule has 0 spiro atoms. The predicted octanol–water partition coefficient (Wildman–Crippen LogP) is 2.86. The van der Waals surface area contributed by atoms with Gasteiger partial charge in [-0.2, -0.15) is 0 Å². The molecule has 0 aromatic heterocycles. The van der Waals surface area contributed by atoms with Gasteiger partial charge in [0.25, 0.3) is 0 Å². The Labute approximate surface area is 118 Å². The van der Waals surface area contributed by atoms with Crippen molar-refractivity contribution in [3.63, 3.8) is 0 Å². The molecule has 1 aromatic rings. The molecule has 2 atom stereocenters. The van der Waals surface area contributed by atoms with Crippen molar-refractivity contribution >= 4 is 25.1 Å². The molecule has 5 nitrogen and oxygen atoms in total. The Morgan fingerprint density at radius 3 is 2.53 bits per heavy atom. The summed E-state index contributed by atoms with van der Waals surface area (Å²) in [7, 11) is -1.74. The number of nitrogens with one attached hydrogen (secondary N) is 1. The summed E-state index contributed by atoms with van der Waals surface area (Å²) in [6.45, 7) is 5.24. The highest BCUT2D eigenvalue weighted by Gasteiger charge is 2.18. The maximum atomic E-state index is 11.5. The number of benzene rings is 1. The fourth-order valence-electron chi connectivity index (χ4n) is 1.10. The number of esters is 1. The van der Waals surface area contributed by atoms with E-state index in [0.717, 1.165) is 11.6 Å². The van der Waals surface area contributed by atoms with Crippen molar-refractivity contribution in [1.29, 1.82) is 0 Å². The van der Waals surface area contributed by atoms with Crippen LogP contribution in [-0.4, -0.2) is 23.0 Å². The highest BCUT2D eigenvalue weighted by atomic mass is 32.7. The number of hydrogen-bond donors (Lipinski definition) is 2. The molecule has 7 heteroatoms. The van der Waals surface area contributed by atoms with E-state index in [1.165, 1.54) is 0 Å². The highest BCUT2D eigenvalue weighted by molar-refractivity contribution is 8.51. The molecule has 0 saturated heterocycles. The molecule has 0 heterocycles. The van der Waals surface area contributed by atoms with Crippen molar-refractivity contribution in [2.45, 2.75) is 32.9 Å². The van der Waals surface area contributed by atoms with E-state index in [1.54, 1.807) is 32.9 Å². The third-order valence-electron chi connectivity index (χ3n) is 1.94. The summed E-state index contributed by atoms with van der Waals surface area (Å²) in [4.78, 5) is 21.2. The topological polar surface area (TPSA) is 67.8 Å². The molecule has 106 valence electrons. The summed E-state index contributed by atoms with van der Waals surface area (Å²) in [5, 5.41) is 0. The van der Waals surface area contributed by atoms with E-state index >= 15 is 0 Å². The fourth-order valence-corrected chi connectivity index (χ4v) is 2.90. The van der Waals surface area contributed by atoms with E-state index in [1.807, 2.05) is 18.2 Å². The molecule has 1 unspecified atom stereocenters. The predicted molar refractivity (Wildman–Crippen MR) is 77.6 cm³/mol. The molecule has 0 aliphatic heterocycles. The molecule has 0 aliphatic carbocycles. The van der Waals surface area contributed by atoms with Gasteiger partial charge in [-0.3, -0.25) is 4.79 Å². The van der Waals surface area contributed by atoms with Crippen LogP contribution in [0.4, 0.5) is 0 Å². The molecule has 1 aromatic carbocycles. The Bertz CT molecular complexity index is 391. The Hall–Kier alpha value is -0.810. The van der Waals surface area contributed by atoms with Gasteiger partial charge in [0.05, 0.1) is 6.10 Å². The summed E-state index contributed by atoms with van der Waals surface area (Å²) in [5.41, 5.74) is 0. The van der Waals surface area contributed by atoms with Gasteiger partial charge in [-0.1, -0.05) is 18.2 Å². The van der Waals surface area contributed by atoms with Crippen molar-refractivity contribution in [2.24, 2.45) is 0 Å². The van der Waals surface area contributed by atoms with Crippen LogP contribution in [0, 0.1) is 0 Å². The van der Waals surface area contributed by atoms with E-state index in [4.69, 9.17) is 9.26 Å². The van der Waals surface area contributed by atoms with E-state index < -0.39 is 13.6 Å². The van der Waals surface area contributed by atoms with E-state index in [0.29, 0.717) is 5.75 Å². The van der Waals surface area contributed by atoms with Crippen molar-refractivity contribution < 1.29 is 18.9 Å². The molecule has 0 fully saturated rings. The minimum Gasteiger partial charge on any atom is -0.462 e. The van der Waals surface area contributed by atoms with E-state index in [2.05, 4.69) is 4.72 Å². The average Bonchev–Trinajstić information content (AvgIpc) is 2.36. The van der Waals surface area contributed by atoms with Crippen LogP contribution < -0.4 is 9.25 Å². The number of para-hydroxylation sites is 1. The second-order valence-electron chi connectivity index (χ2n) is 4.06. The lowest BCUT2D eigenvalue weighted by atomic mass is 10.3. The average molecular weight is 303 g/mol.